The molecule has 7 heteroatoms. The molecule has 0 saturated carbocycles. The summed E-state index contributed by atoms with van der Waals surface area (Å²) in [6.07, 6.45) is 2.64. The molecular weight excluding hydrogens is 250 g/mol. The summed E-state index contributed by atoms with van der Waals surface area (Å²) in [5, 5.41) is 20.3. The fourth-order valence-electron chi connectivity index (χ4n) is 2.40. The predicted octanol–water partition coefficient (Wildman–Crippen LogP) is 1.74. The Labute approximate surface area is 110 Å². The van der Waals surface area contributed by atoms with E-state index < -0.39 is 16.4 Å². The van der Waals surface area contributed by atoms with Crippen molar-refractivity contribution in [3.05, 3.63) is 27.9 Å². The van der Waals surface area contributed by atoms with Gasteiger partial charge < -0.3 is 10.0 Å². The van der Waals surface area contributed by atoms with Gasteiger partial charge in [0, 0.05) is 18.3 Å². The molecule has 7 nitrogen and oxygen atoms in total. The first kappa shape index (κ1) is 13.3. The van der Waals surface area contributed by atoms with Crippen molar-refractivity contribution in [2.24, 2.45) is 0 Å². The van der Waals surface area contributed by atoms with Gasteiger partial charge in [0.15, 0.2) is 0 Å². The number of hydrogen-bond acceptors (Lipinski definition) is 5. The fraction of sp³-hybridized carbons (Fsp3) is 0.500. The van der Waals surface area contributed by atoms with E-state index in [0.29, 0.717) is 24.3 Å². The Hall–Kier alpha value is -2.18. The zero-order valence-electron chi connectivity index (χ0n) is 10.8. The van der Waals surface area contributed by atoms with E-state index in [0.717, 1.165) is 6.42 Å². The van der Waals surface area contributed by atoms with Crippen LogP contribution in [0.5, 0.6) is 0 Å². The van der Waals surface area contributed by atoms with Crippen molar-refractivity contribution in [3.63, 3.8) is 0 Å². The summed E-state index contributed by atoms with van der Waals surface area (Å²) in [7, 11) is 0. The summed E-state index contributed by atoms with van der Waals surface area (Å²) in [4.78, 5) is 27.6. The van der Waals surface area contributed by atoms with Crippen molar-refractivity contribution >= 4 is 17.5 Å². The van der Waals surface area contributed by atoms with Crippen LogP contribution in [0.4, 0.5) is 11.5 Å². The maximum Gasteiger partial charge on any atom is 0.329 e. The molecule has 1 N–H and O–H groups in total. The van der Waals surface area contributed by atoms with Crippen LogP contribution < -0.4 is 4.90 Å². The quantitative estimate of drug-likeness (QED) is 0.660. The number of nitrogens with zero attached hydrogens (tertiary/aromatic N) is 3. The molecule has 1 saturated heterocycles. The van der Waals surface area contributed by atoms with E-state index in [-0.39, 0.29) is 5.69 Å². The zero-order valence-corrected chi connectivity index (χ0v) is 10.8. The Kier molecular flexibility index (Phi) is 3.13. The summed E-state index contributed by atoms with van der Waals surface area (Å²) in [5.74, 6) is -0.588. The Morgan fingerprint density at radius 1 is 1.63 bits per heavy atom. The van der Waals surface area contributed by atoms with E-state index in [9.17, 15) is 20.0 Å². The van der Waals surface area contributed by atoms with Gasteiger partial charge in [-0.15, -0.1) is 0 Å². The molecule has 1 aromatic rings. The van der Waals surface area contributed by atoms with E-state index >= 15 is 0 Å². The van der Waals surface area contributed by atoms with Crippen molar-refractivity contribution in [2.75, 3.05) is 11.4 Å². The summed E-state index contributed by atoms with van der Waals surface area (Å²) in [6.45, 7) is 3.76. The highest BCUT2D eigenvalue weighted by atomic mass is 16.6. The molecule has 0 radical (unpaired) electrons. The number of carboxylic acid groups (broad SMARTS) is 1. The molecule has 102 valence electrons. The molecule has 0 bridgehead atoms. The maximum atomic E-state index is 11.4. The predicted molar refractivity (Wildman–Crippen MR) is 68.2 cm³/mol. The Balaban J connectivity index is 2.45. The van der Waals surface area contributed by atoms with Crippen LogP contribution in [-0.4, -0.2) is 33.1 Å². The molecule has 0 aromatic carbocycles. The van der Waals surface area contributed by atoms with Gasteiger partial charge in [0.05, 0.1) is 11.0 Å². The highest BCUT2D eigenvalue weighted by Crippen LogP contribution is 2.34. The standard InChI is InChI=1S/C12H15N3O4/c1-8-7-13-10(6-9(8)15(18)19)14-5-3-4-12(14,2)11(16)17/h6-7H,3-5H2,1-2H3,(H,16,17). The molecule has 1 aliphatic heterocycles. The summed E-state index contributed by atoms with van der Waals surface area (Å²) in [6, 6.07) is 1.35. The van der Waals surface area contributed by atoms with Crippen molar-refractivity contribution in [1.82, 2.24) is 4.98 Å². The third-order valence-electron chi connectivity index (χ3n) is 3.64. The van der Waals surface area contributed by atoms with Gasteiger partial charge in [-0.25, -0.2) is 9.78 Å². The van der Waals surface area contributed by atoms with Crippen molar-refractivity contribution in [1.29, 1.82) is 0 Å². The third kappa shape index (κ3) is 2.11. The van der Waals surface area contributed by atoms with E-state index in [1.165, 1.54) is 12.3 Å². The fourth-order valence-corrected chi connectivity index (χ4v) is 2.40. The van der Waals surface area contributed by atoms with Gasteiger partial charge in [0.2, 0.25) is 0 Å². The number of hydrogen-bond donors (Lipinski definition) is 1. The van der Waals surface area contributed by atoms with Crippen LogP contribution in [0.25, 0.3) is 0 Å². The number of nitro groups is 1. The number of pyridine rings is 1. The summed E-state index contributed by atoms with van der Waals surface area (Å²) >= 11 is 0. The highest BCUT2D eigenvalue weighted by molar-refractivity contribution is 5.83. The minimum absolute atomic E-state index is 0.0374. The normalized spacial score (nSPS) is 22.5. The van der Waals surface area contributed by atoms with Crippen molar-refractivity contribution in [3.8, 4) is 0 Å². The van der Waals surface area contributed by atoms with Crippen molar-refractivity contribution < 1.29 is 14.8 Å². The molecule has 1 aliphatic rings. The Morgan fingerprint density at radius 3 is 2.89 bits per heavy atom. The minimum Gasteiger partial charge on any atom is -0.480 e. The molecule has 1 unspecified atom stereocenters. The Morgan fingerprint density at radius 2 is 2.32 bits per heavy atom. The zero-order chi connectivity index (χ0) is 14.2. The number of carbonyl (C=O) groups is 1. The first-order valence-electron chi connectivity index (χ1n) is 5.98. The molecule has 0 aliphatic carbocycles. The number of aryl methyl sites for hydroxylation is 1. The molecule has 2 rings (SSSR count). The average molecular weight is 265 g/mol. The molecule has 1 fully saturated rings. The third-order valence-corrected chi connectivity index (χ3v) is 3.64. The van der Waals surface area contributed by atoms with Crippen LogP contribution in [0, 0.1) is 17.0 Å². The van der Waals surface area contributed by atoms with Crippen LogP contribution in [-0.2, 0) is 4.79 Å². The van der Waals surface area contributed by atoms with Gasteiger partial charge in [-0.1, -0.05) is 0 Å². The monoisotopic (exact) mass is 265 g/mol. The number of anilines is 1. The second-order valence-corrected chi connectivity index (χ2v) is 4.92. The largest absolute Gasteiger partial charge is 0.480 e. The van der Waals surface area contributed by atoms with E-state index in [1.54, 1.807) is 18.7 Å². The maximum absolute atomic E-state index is 11.4. The lowest BCUT2D eigenvalue weighted by Crippen LogP contribution is -2.48. The second-order valence-electron chi connectivity index (χ2n) is 4.92. The molecule has 0 spiro atoms. The summed E-state index contributed by atoms with van der Waals surface area (Å²) in [5.41, 5.74) is -0.620. The lowest BCUT2D eigenvalue weighted by atomic mass is 9.99. The van der Waals surface area contributed by atoms with Gasteiger partial charge in [0.25, 0.3) is 5.69 Å². The average Bonchev–Trinajstić information content (AvgIpc) is 2.73. The van der Waals surface area contributed by atoms with Gasteiger partial charge in [-0.3, -0.25) is 10.1 Å². The van der Waals surface area contributed by atoms with E-state index in [4.69, 9.17) is 0 Å². The first-order chi connectivity index (χ1) is 8.86. The Bertz CT molecular complexity index is 546. The van der Waals surface area contributed by atoms with Crippen LogP contribution in [0.3, 0.4) is 0 Å². The van der Waals surface area contributed by atoms with Crippen molar-refractivity contribution in [2.45, 2.75) is 32.2 Å². The van der Waals surface area contributed by atoms with Crippen LogP contribution in [0.2, 0.25) is 0 Å². The van der Waals surface area contributed by atoms with Crippen LogP contribution in [0.1, 0.15) is 25.3 Å². The summed E-state index contributed by atoms with van der Waals surface area (Å²) < 4.78 is 0. The smallest absolute Gasteiger partial charge is 0.329 e. The second kappa shape index (κ2) is 4.49. The van der Waals surface area contributed by atoms with Gasteiger partial charge in [-0.2, -0.15) is 0 Å². The molecular formula is C12H15N3O4. The van der Waals surface area contributed by atoms with E-state index in [2.05, 4.69) is 4.98 Å². The number of rotatable bonds is 3. The number of aromatic nitrogens is 1. The minimum atomic E-state index is -1.05. The first-order valence-corrected chi connectivity index (χ1v) is 5.98. The van der Waals surface area contributed by atoms with Gasteiger partial charge in [0.1, 0.15) is 11.4 Å². The lowest BCUT2D eigenvalue weighted by Gasteiger charge is -2.32. The molecule has 1 aromatic heterocycles. The number of aliphatic carboxylic acids is 1. The molecule has 2 heterocycles. The van der Waals surface area contributed by atoms with E-state index in [1.807, 2.05) is 0 Å². The van der Waals surface area contributed by atoms with Gasteiger partial charge in [-0.05, 0) is 26.7 Å². The lowest BCUT2D eigenvalue weighted by molar-refractivity contribution is -0.385. The SMILES string of the molecule is Cc1cnc(N2CCCC2(C)C(=O)O)cc1[N+](=O)[O-]. The molecule has 0 amide bonds. The highest BCUT2D eigenvalue weighted by Gasteiger charge is 2.44. The molecule has 1 atom stereocenters. The molecule has 19 heavy (non-hydrogen) atoms. The van der Waals surface area contributed by atoms with Crippen LogP contribution in [0.15, 0.2) is 12.3 Å². The van der Waals surface area contributed by atoms with Gasteiger partial charge >= 0.3 is 5.97 Å². The van der Waals surface area contributed by atoms with Crippen LogP contribution >= 0.6 is 0 Å². The number of carboxylic acids is 1. The topological polar surface area (TPSA) is 96.6 Å².